The van der Waals surface area contributed by atoms with Gasteiger partial charge in [-0.15, -0.1) is 45.3 Å². The summed E-state index contributed by atoms with van der Waals surface area (Å²) in [5.74, 6) is 0. The fourth-order valence-corrected chi connectivity index (χ4v) is 17.6. The fourth-order valence-electron chi connectivity index (χ4n) is 12.8. The maximum Gasteiger partial charge on any atom is 0.102 e. The van der Waals surface area contributed by atoms with E-state index >= 15 is 0 Å². The van der Waals surface area contributed by atoms with Crippen molar-refractivity contribution in [1.29, 1.82) is 10.5 Å². The van der Waals surface area contributed by atoms with E-state index < -0.39 is 0 Å². The van der Waals surface area contributed by atoms with Crippen LogP contribution in [0.1, 0.15) is 11.1 Å². The topological polar surface area (TPSA) is 57.4 Å². The first kappa shape index (κ1) is 42.3. The molecule has 350 valence electrons. The molecule has 0 saturated heterocycles. The van der Waals surface area contributed by atoms with Gasteiger partial charge in [-0.1, -0.05) is 146 Å². The Hall–Kier alpha value is -9.12. The third kappa shape index (κ3) is 5.53. The number of nitrogens with zero attached hydrogens (tertiary/aromatic N) is 4. The van der Waals surface area contributed by atoms with Crippen molar-refractivity contribution >= 4 is 170 Å². The van der Waals surface area contributed by atoms with Crippen molar-refractivity contribution in [2.45, 2.75) is 0 Å². The second-order valence-corrected chi connectivity index (χ2v) is 23.8. The van der Waals surface area contributed by atoms with Gasteiger partial charge in [-0.3, -0.25) is 0 Å². The Bertz CT molecular complexity index is 5300. The van der Waals surface area contributed by atoms with Crippen LogP contribution >= 0.6 is 45.3 Å². The van der Waals surface area contributed by atoms with Gasteiger partial charge in [-0.2, -0.15) is 10.5 Å². The summed E-state index contributed by atoms with van der Waals surface area (Å²) in [5, 5.41) is 38.8. The summed E-state index contributed by atoms with van der Waals surface area (Å²) in [6, 6.07) is 79.9. The van der Waals surface area contributed by atoms with E-state index in [1.54, 1.807) is 22.7 Å². The van der Waals surface area contributed by atoms with Crippen LogP contribution in [-0.2, 0) is 0 Å². The minimum absolute atomic E-state index is 0.446. The summed E-state index contributed by atoms with van der Waals surface area (Å²) in [6.07, 6.45) is 0. The van der Waals surface area contributed by atoms with E-state index in [2.05, 4.69) is 228 Å². The molecule has 0 aliphatic carbocycles. The molecule has 0 atom stereocenters. The number of nitriles is 2. The van der Waals surface area contributed by atoms with Crippen molar-refractivity contribution in [2.75, 3.05) is 0 Å². The first-order valence-corrected chi connectivity index (χ1v) is 28.5. The summed E-state index contributed by atoms with van der Waals surface area (Å²) in [6.45, 7) is 0. The normalized spacial score (nSPS) is 12.2. The van der Waals surface area contributed by atoms with E-state index in [9.17, 15) is 10.5 Å². The summed E-state index contributed by atoms with van der Waals surface area (Å²) in [5.41, 5.74) is 9.60. The minimum atomic E-state index is 0.446. The molecule has 76 heavy (non-hydrogen) atoms. The number of thiophene rings is 4. The van der Waals surface area contributed by atoms with Crippen LogP contribution in [0.25, 0.3) is 158 Å². The maximum absolute atomic E-state index is 12.5. The fraction of sp³-hybridized carbons (Fsp3) is 0. The number of para-hydroxylation sites is 2. The minimum Gasteiger partial charge on any atom is -0.307 e. The second kappa shape index (κ2) is 15.7. The third-order valence-corrected chi connectivity index (χ3v) is 20.5. The molecule has 6 aromatic heterocycles. The van der Waals surface area contributed by atoms with Crippen LogP contribution in [0.3, 0.4) is 0 Å². The van der Waals surface area contributed by atoms with Gasteiger partial charge in [0, 0.05) is 113 Å². The third-order valence-electron chi connectivity index (χ3n) is 15.8. The average molecular weight is 1040 g/mol. The molecule has 17 rings (SSSR count). The van der Waals surface area contributed by atoms with Gasteiger partial charge in [0.05, 0.1) is 44.6 Å². The van der Waals surface area contributed by atoms with Crippen LogP contribution < -0.4 is 0 Å². The molecule has 0 radical (unpaired) electrons. The molecule has 0 amide bonds. The highest BCUT2D eigenvalue weighted by Crippen LogP contribution is 2.55. The van der Waals surface area contributed by atoms with Crippen LogP contribution in [-0.4, -0.2) is 9.13 Å². The highest BCUT2D eigenvalue weighted by atomic mass is 32.1. The number of fused-ring (bicyclic) bond motifs is 20. The van der Waals surface area contributed by atoms with Gasteiger partial charge < -0.3 is 9.13 Å². The molecule has 0 fully saturated rings. The van der Waals surface area contributed by atoms with Gasteiger partial charge in [-0.05, 0) is 71.8 Å². The second-order valence-electron chi connectivity index (χ2n) is 19.5. The van der Waals surface area contributed by atoms with Gasteiger partial charge >= 0.3 is 0 Å². The van der Waals surface area contributed by atoms with Crippen molar-refractivity contribution < 1.29 is 0 Å². The summed E-state index contributed by atoms with van der Waals surface area (Å²) in [7, 11) is 0. The van der Waals surface area contributed by atoms with Crippen LogP contribution in [0.15, 0.2) is 206 Å². The van der Waals surface area contributed by atoms with Crippen LogP contribution in [0.4, 0.5) is 0 Å². The summed E-state index contributed by atoms with van der Waals surface area (Å²) < 4.78 is 14.2. The number of rotatable bonds is 4. The van der Waals surface area contributed by atoms with Gasteiger partial charge in [0.2, 0.25) is 0 Å². The Balaban J connectivity index is 1.17. The monoisotopic (exact) mass is 1030 g/mol. The lowest BCUT2D eigenvalue weighted by Crippen LogP contribution is -2.11. The highest BCUT2D eigenvalue weighted by molar-refractivity contribution is 7.27. The molecule has 0 aliphatic rings. The van der Waals surface area contributed by atoms with E-state index in [0.29, 0.717) is 16.7 Å². The molecule has 0 unspecified atom stereocenters. The zero-order valence-electron chi connectivity index (χ0n) is 40.1. The molecule has 11 aromatic carbocycles. The van der Waals surface area contributed by atoms with E-state index in [1.807, 2.05) is 22.7 Å². The maximum atomic E-state index is 12.5. The average Bonchev–Trinajstić information content (AvgIpc) is 4.36. The van der Waals surface area contributed by atoms with E-state index in [0.717, 1.165) is 107 Å². The molecule has 0 N–H and O–H groups in total. The van der Waals surface area contributed by atoms with E-state index in [4.69, 9.17) is 0 Å². The van der Waals surface area contributed by atoms with Gasteiger partial charge in [0.15, 0.2) is 0 Å². The Morgan fingerprint density at radius 1 is 0.276 bits per heavy atom. The molecular weight excluding hydrogens is 1000 g/mol. The van der Waals surface area contributed by atoms with Gasteiger partial charge in [-0.25, -0.2) is 0 Å². The molecule has 8 heteroatoms. The number of benzene rings is 11. The van der Waals surface area contributed by atoms with E-state index in [-0.39, 0.29) is 0 Å². The molecular formula is C68H34N4S4. The van der Waals surface area contributed by atoms with Gasteiger partial charge in [0.25, 0.3) is 0 Å². The van der Waals surface area contributed by atoms with Crippen molar-refractivity contribution in [2.24, 2.45) is 0 Å². The number of hydrogen-bond donors (Lipinski definition) is 0. The molecule has 4 nitrogen and oxygen atoms in total. The molecule has 6 heterocycles. The Labute approximate surface area is 449 Å². The highest BCUT2D eigenvalue weighted by Gasteiger charge is 2.34. The summed E-state index contributed by atoms with van der Waals surface area (Å²) >= 11 is 7.17. The lowest BCUT2D eigenvalue weighted by Gasteiger charge is -2.26. The molecule has 0 spiro atoms. The first-order chi connectivity index (χ1) is 37.7. The molecule has 0 aliphatic heterocycles. The number of aromatic nitrogens is 2. The standard InChI is InChI=1S/C68H34N4S4/c69-35-47-59(45-21-13-29-57-60(45)43-19-5-11-27-55(43)73-57)48(36-70)66(72-50-24-8-2-18-42(50)63-52(72)34-32-40-38-16-4-10-26-54(38)76-68(40)63)64(46-22-14-30-58-61(46)44-20-6-12-28-56(44)74-58)65(47)71-49-23-7-1-17-41(49)62-51(71)33-31-39-37-15-3-9-25-53(37)75-67(39)62/h1-34H. The largest absolute Gasteiger partial charge is 0.307 e. The predicted octanol–water partition coefficient (Wildman–Crippen LogP) is 20.4. The lowest BCUT2D eigenvalue weighted by atomic mass is 9.84. The number of hydrogen-bond acceptors (Lipinski definition) is 6. The van der Waals surface area contributed by atoms with Crippen LogP contribution in [0, 0.1) is 22.7 Å². The van der Waals surface area contributed by atoms with Crippen LogP contribution in [0.5, 0.6) is 0 Å². The Morgan fingerprint density at radius 3 is 1.09 bits per heavy atom. The van der Waals surface area contributed by atoms with Crippen molar-refractivity contribution in [1.82, 2.24) is 9.13 Å². The molecule has 0 saturated carbocycles. The van der Waals surface area contributed by atoms with Crippen LogP contribution in [0.2, 0.25) is 0 Å². The molecule has 0 bridgehead atoms. The Morgan fingerprint density at radius 2 is 0.645 bits per heavy atom. The van der Waals surface area contributed by atoms with Crippen molar-refractivity contribution in [3.05, 3.63) is 217 Å². The zero-order valence-corrected chi connectivity index (χ0v) is 43.3. The van der Waals surface area contributed by atoms with Crippen molar-refractivity contribution in [3.63, 3.8) is 0 Å². The smallest absolute Gasteiger partial charge is 0.102 e. The predicted molar refractivity (Wildman–Crippen MR) is 327 cm³/mol. The first-order valence-electron chi connectivity index (χ1n) is 25.2. The lowest BCUT2D eigenvalue weighted by molar-refractivity contribution is 1.12. The SMILES string of the molecule is N#Cc1c(-c2cccc3sc4ccccc4c23)c(C#N)c(-n2c3ccccc3c3c4sc5ccccc5c4ccc32)c(-c2cccc3sc4ccccc4c23)c1-n1c2ccccc2c2c3sc4ccccc4c3ccc21. The van der Waals surface area contributed by atoms with Gasteiger partial charge in [0.1, 0.15) is 12.1 Å². The van der Waals surface area contributed by atoms with E-state index in [1.165, 1.54) is 45.0 Å². The zero-order chi connectivity index (χ0) is 49.9. The quantitative estimate of drug-likeness (QED) is 0.176. The summed E-state index contributed by atoms with van der Waals surface area (Å²) in [4.78, 5) is 0. The molecule has 17 aromatic rings. The Kier molecular flexibility index (Phi) is 8.73. The van der Waals surface area contributed by atoms with Crippen molar-refractivity contribution in [3.8, 4) is 45.8 Å².